The van der Waals surface area contributed by atoms with Gasteiger partial charge in [0.15, 0.2) is 11.5 Å². The van der Waals surface area contributed by atoms with Crippen LogP contribution < -0.4 is 19.7 Å². The van der Waals surface area contributed by atoms with E-state index < -0.39 is 0 Å². The van der Waals surface area contributed by atoms with Gasteiger partial charge in [-0.15, -0.1) is 6.42 Å². The normalized spacial score (nSPS) is 16.3. The van der Waals surface area contributed by atoms with Crippen molar-refractivity contribution >= 4 is 17.3 Å². The number of terminal acetylenes is 1. The van der Waals surface area contributed by atoms with Crippen LogP contribution in [-0.2, 0) is 11.3 Å². The summed E-state index contributed by atoms with van der Waals surface area (Å²) in [7, 11) is 3.22. The maximum Gasteiger partial charge on any atom is 0.257 e. The number of anilines is 2. The standard InChI is InChI=1S/C25H29N3O4/c1-4-11-26-19-6-7-22-21(15-19)25(29)27(17-28(22)20-9-12-32-13-10-20)16-18-5-8-23(30-2)24(14-18)31-3/h1,5-8,14-15,20,26H,9-13,16-17H2,2-3H3. The van der Waals surface area contributed by atoms with E-state index in [1.165, 1.54) is 0 Å². The van der Waals surface area contributed by atoms with Crippen LogP contribution in [0, 0.1) is 12.3 Å². The van der Waals surface area contributed by atoms with Crippen LogP contribution in [0.5, 0.6) is 11.5 Å². The van der Waals surface area contributed by atoms with Crippen LogP contribution in [0.2, 0.25) is 0 Å². The number of nitrogens with zero attached hydrogens (tertiary/aromatic N) is 2. The molecule has 0 bridgehead atoms. The van der Waals surface area contributed by atoms with E-state index >= 15 is 0 Å². The summed E-state index contributed by atoms with van der Waals surface area (Å²) >= 11 is 0. The summed E-state index contributed by atoms with van der Waals surface area (Å²) in [6.45, 7) is 2.89. The van der Waals surface area contributed by atoms with E-state index in [1.54, 1.807) is 14.2 Å². The fourth-order valence-electron chi connectivity index (χ4n) is 4.35. The molecule has 2 aromatic rings. The van der Waals surface area contributed by atoms with Gasteiger partial charge in [0.25, 0.3) is 5.91 Å². The van der Waals surface area contributed by atoms with Crippen molar-refractivity contribution < 1.29 is 19.0 Å². The molecule has 32 heavy (non-hydrogen) atoms. The van der Waals surface area contributed by atoms with Gasteiger partial charge in [-0.05, 0) is 48.7 Å². The highest BCUT2D eigenvalue weighted by molar-refractivity contribution is 6.02. The number of methoxy groups -OCH3 is 2. The van der Waals surface area contributed by atoms with E-state index in [4.69, 9.17) is 20.6 Å². The minimum Gasteiger partial charge on any atom is -0.493 e. The minimum atomic E-state index is 0.00227. The molecule has 4 rings (SSSR count). The number of carbonyl (C=O) groups excluding carboxylic acids is 1. The Morgan fingerprint density at radius 3 is 2.62 bits per heavy atom. The van der Waals surface area contributed by atoms with E-state index in [-0.39, 0.29) is 5.91 Å². The zero-order chi connectivity index (χ0) is 22.5. The Bertz CT molecular complexity index is 1010. The SMILES string of the molecule is C#CCNc1ccc2c(c1)C(=O)N(Cc1ccc(OC)c(OC)c1)CN2C1CCOCC1. The molecule has 2 aliphatic heterocycles. The van der Waals surface area contributed by atoms with Crippen molar-refractivity contribution in [1.29, 1.82) is 0 Å². The number of hydrogen-bond donors (Lipinski definition) is 1. The van der Waals surface area contributed by atoms with Crippen molar-refractivity contribution in [2.75, 3.05) is 50.9 Å². The summed E-state index contributed by atoms with van der Waals surface area (Å²) in [6.07, 6.45) is 7.27. The molecular formula is C25H29N3O4. The van der Waals surface area contributed by atoms with Crippen LogP contribution in [0.25, 0.3) is 0 Å². The first-order valence-electron chi connectivity index (χ1n) is 10.8. The number of rotatable bonds is 7. The van der Waals surface area contributed by atoms with Crippen LogP contribution in [0.3, 0.4) is 0 Å². The first-order valence-corrected chi connectivity index (χ1v) is 10.8. The molecule has 0 atom stereocenters. The van der Waals surface area contributed by atoms with Crippen molar-refractivity contribution in [1.82, 2.24) is 4.90 Å². The number of amides is 1. The van der Waals surface area contributed by atoms with Gasteiger partial charge >= 0.3 is 0 Å². The Morgan fingerprint density at radius 2 is 1.91 bits per heavy atom. The highest BCUT2D eigenvalue weighted by atomic mass is 16.5. The third-order valence-electron chi connectivity index (χ3n) is 5.99. The Hall–Kier alpha value is -3.37. The number of fused-ring (bicyclic) bond motifs is 1. The van der Waals surface area contributed by atoms with Crippen molar-refractivity contribution in [3.63, 3.8) is 0 Å². The monoisotopic (exact) mass is 435 g/mol. The molecule has 1 saturated heterocycles. The Labute approximate surface area is 189 Å². The second kappa shape index (κ2) is 9.84. The highest BCUT2D eigenvalue weighted by Gasteiger charge is 2.34. The maximum absolute atomic E-state index is 13.5. The molecule has 0 unspecified atom stereocenters. The predicted octanol–water partition coefficient (Wildman–Crippen LogP) is 3.35. The van der Waals surface area contributed by atoms with E-state index in [0.29, 0.717) is 42.9 Å². The van der Waals surface area contributed by atoms with Crippen molar-refractivity contribution in [2.24, 2.45) is 0 Å². The third kappa shape index (κ3) is 4.46. The summed E-state index contributed by atoms with van der Waals surface area (Å²) in [5.41, 5.74) is 3.48. The number of nitrogens with one attached hydrogen (secondary N) is 1. The molecule has 0 saturated carbocycles. The third-order valence-corrected chi connectivity index (χ3v) is 5.99. The zero-order valence-electron chi connectivity index (χ0n) is 18.6. The van der Waals surface area contributed by atoms with Crippen LogP contribution in [0.15, 0.2) is 36.4 Å². The van der Waals surface area contributed by atoms with Crippen LogP contribution in [0.1, 0.15) is 28.8 Å². The lowest BCUT2D eigenvalue weighted by Gasteiger charge is -2.43. The molecule has 1 N–H and O–H groups in total. The average molecular weight is 436 g/mol. The van der Waals surface area contributed by atoms with Gasteiger partial charge in [0.1, 0.15) is 0 Å². The highest BCUT2D eigenvalue weighted by Crippen LogP contribution is 2.35. The molecule has 0 aromatic heterocycles. The van der Waals surface area contributed by atoms with Gasteiger partial charge in [0.2, 0.25) is 0 Å². The van der Waals surface area contributed by atoms with Gasteiger partial charge in [0.05, 0.1) is 38.7 Å². The van der Waals surface area contributed by atoms with E-state index in [1.807, 2.05) is 41.3 Å². The van der Waals surface area contributed by atoms with Crippen LogP contribution in [0.4, 0.5) is 11.4 Å². The topological polar surface area (TPSA) is 63.3 Å². The molecule has 0 spiro atoms. The lowest BCUT2D eigenvalue weighted by Crippen LogP contribution is -2.51. The molecule has 168 valence electrons. The molecule has 7 nitrogen and oxygen atoms in total. The van der Waals surface area contributed by atoms with Crippen LogP contribution in [-0.4, -0.2) is 57.5 Å². The largest absolute Gasteiger partial charge is 0.493 e. The lowest BCUT2D eigenvalue weighted by atomic mass is 10.0. The summed E-state index contributed by atoms with van der Waals surface area (Å²) in [5.74, 6) is 3.90. The van der Waals surface area contributed by atoms with Crippen molar-refractivity contribution in [3.8, 4) is 23.8 Å². The lowest BCUT2D eigenvalue weighted by molar-refractivity contribution is 0.0659. The van der Waals surface area contributed by atoms with Crippen molar-refractivity contribution in [3.05, 3.63) is 47.5 Å². The summed E-state index contributed by atoms with van der Waals surface area (Å²) in [4.78, 5) is 17.7. The van der Waals surface area contributed by atoms with Gasteiger partial charge in [-0.25, -0.2) is 0 Å². The average Bonchev–Trinajstić information content (AvgIpc) is 2.84. The summed E-state index contributed by atoms with van der Waals surface area (Å²) < 4.78 is 16.4. The number of carbonyl (C=O) groups is 1. The van der Waals surface area contributed by atoms with Gasteiger partial charge in [-0.3, -0.25) is 4.79 Å². The van der Waals surface area contributed by atoms with Gasteiger partial charge in [-0.2, -0.15) is 0 Å². The van der Waals surface area contributed by atoms with Gasteiger partial charge < -0.3 is 29.3 Å². The molecule has 2 heterocycles. The summed E-state index contributed by atoms with van der Waals surface area (Å²) in [5, 5.41) is 3.18. The fraction of sp³-hybridized carbons (Fsp3) is 0.400. The first-order chi connectivity index (χ1) is 15.6. The zero-order valence-corrected chi connectivity index (χ0v) is 18.6. The van der Waals surface area contributed by atoms with E-state index in [2.05, 4.69) is 16.1 Å². The van der Waals surface area contributed by atoms with Gasteiger partial charge in [-0.1, -0.05) is 12.0 Å². The number of ether oxygens (including phenoxy) is 3. The second-order valence-electron chi connectivity index (χ2n) is 7.94. The molecule has 0 aliphatic carbocycles. The molecule has 2 aromatic carbocycles. The molecule has 7 heteroatoms. The van der Waals surface area contributed by atoms with Gasteiger partial charge in [0, 0.05) is 31.5 Å². The smallest absolute Gasteiger partial charge is 0.257 e. The Kier molecular flexibility index (Phi) is 6.72. The molecule has 0 radical (unpaired) electrons. The van der Waals surface area contributed by atoms with Crippen LogP contribution >= 0.6 is 0 Å². The summed E-state index contributed by atoms with van der Waals surface area (Å²) in [6, 6.07) is 12.0. The Balaban J connectivity index is 1.65. The Morgan fingerprint density at radius 1 is 1.12 bits per heavy atom. The first kappa shape index (κ1) is 21.8. The molecular weight excluding hydrogens is 406 g/mol. The second-order valence-corrected chi connectivity index (χ2v) is 7.94. The number of benzene rings is 2. The maximum atomic E-state index is 13.5. The van der Waals surface area contributed by atoms with E-state index in [9.17, 15) is 4.79 Å². The quantitative estimate of drug-likeness (QED) is 0.673. The minimum absolute atomic E-state index is 0.00227. The van der Waals surface area contributed by atoms with E-state index in [0.717, 1.165) is 43.0 Å². The fourth-order valence-corrected chi connectivity index (χ4v) is 4.35. The predicted molar refractivity (Wildman–Crippen MR) is 124 cm³/mol. The molecule has 1 fully saturated rings. The van der Waals surface area contributed by atoms with Crippen molar-refractivity contribution in [2.45, 2.75) is 25.4 Å². The molecule has 1 amide bonds. The number of hydrogen-bond acceptors (Lipinski definition) is 6. The molecule has 2 aliphatic rings.